The van der Waals surface area contributed by atoms with Gasteiger partial charge in [-0.15, -0.1) is 0 Å². The Kier molecular flexibility index (Phi) is 4.75. The van der Waals surface area contributed by atoms with Crippen LogP contribution in [-0.4, -0.2) is 35.0 Å². The highest BCUT2D eigenvalue weighted by Gasteiger charge is 2.27. The molecule has 1 amide bonds. The average molecular weight is 344 g/mol. The van der Waals surface area contributed by atoms with Gasteiger partial charge in [0.1, 0.15) is 5.82 Å². The summed E-state index contributed by atoms with van der Waals surface area (Å²) < 4.78 is 13.4. The fourth-order valence-corrected chi connectivity index (χ4v) is 2.77. The molecule has 0 saturated carbocycles. The Morgan fingerprint density at radius 1 is 1.45 bits per heavy atom. The molecule has 1 N–H and O–H groups in total. The molecule has 20 heavy (non-hydrogen) atoms. The number of benzene rings is 1. The summed E-state index contributed by atoms with van der Waals surface area (Å²) in [6.07, 6.45) is 1.47. The van der Waals surface area contributed by atoms with Gasteiger partial charge in [-0.3, -0.25) is 9.59 Å². The van der Waals surface area contributed by atoms with E-state index in [-0.39, 0.29) is 24.7 Å². The second-order valence-corrected chi connectivity index (χ2v) is 5.80. The van der Waals surface area contributed by atoms with E-state index in [9.17, 15) is 14.0 Å². The van der Waals surface area contributed by atoms with Crippen molar-refractivity contribution in [3.63, 3.8) is 0 Å². The van der Waals surface area contributed by atoms with Crippen LogP contribution >= 0.6 is 15.9 Å². The number of hydrogen-bond acceptors (Lipinski definition) is 2. The lowest BCUT2D eigenvalue weighted by molar-refractivity contribution is -0.145. The minimum atomic E-state index is -0.855. The van der Waals surface area contributed by atoms with Crippen LogP contribution < -0.4 is 0 Å². The van der Waals surface area contributed by atoms with Crippen LogP contribution in [0.15, 0.2) is 22.7 Å². The monoisotopic (exact) mass is 343 g/mol. The summed E-state index contributed by atoms with van der Waals surface area (Å²) in [5.74, 6) is -1.82. The molecule has 1 atom stereocenters. The Bertz CT molecular complexity index is 535. The Labute approximate surface area is 124 Å². The van der Waals surface area contributed by atoms with E-state index in [0.717, 1.165) is 0 Å². The van der Waals surface area contributed by atoms with Crippen molar-refractivity contribution in [2.24, 2.45) is 5.92 Å². The highest BCUT2D eigenvalue weighted by atomic mass is 79.9. The number of piperidine rings is 1. The number of aliphatic carboxylic acids is 1. The van der Waals surface area contributed by atoms with Crippen molar-refractivity contribution in [2.75, 3.05) is 13.1 Å². The molecule has 1 aromatic carbocycles. The molecule has 4 nitrogen and oxygen atoms in total. The van der Waals surface area contributed by atoms with Gasteiger partial charge in [-0.05, 0) is 46.5 Å². The van der Waals surface area contributed by atoms with Gasteiger partial charge in [-0.2, -0.15) is 0 Å². The van der Waals surface area contributed by atoms with Crippen LogP contribution in [0.5, 0.6) is 0 Å². The van der Waals surface area contributed by atoms with Crippen molar-refractivity contribution in [3.05, 3.63) is 34.1 Å². The molecule has 0 aromatic heterocycles. The van der Waals surface area contributed by atoms with Gasteiger partial charge < -0.3 is 10.0 Å². The molecular formula is C14H15BrFNO3. The Hall–Kier alpha value is -1.43. The predicted octanol–water partition coefficient (Wildman–Crippen LogP) is 2.45. The Balaban J connectivity index is 2.00. The van der Waals surface area contributed by atoms with Gasteiger partial charge in [0, 0.05) is 13.1 Å². The zero-order valence-corrected chi connectivity index (χ0v) is 12.4. The van der Waals surface area contributed by atoms with Crippen LogP contribution in [0.4, 0.5) is 4.39 Å². The van der Waals surface area contributed by atoms with Gasteiger partial charge in [0.15, 0.2) is 0 Å². The molecule has 0 radical (unpaired) electrons. The zero-order valence-electron chi connectivity index (χ0n) is 10.8. The summed E-state index contributed by atoms with van der Waals surface area (Å²) in [6, 6.07) is 4.45. The normalized spacial score (nSPS) is 18.9. The SMILES string of the molecule is O=C(O)[C@@H]1CCCN(C(=O)Cc2ccc(F)c(Br)c2)C1. The van der Waals surface area contributed by atoms with Crippen LogP contribution in [0.2, 0.25) is 0 Å². The quantitative estimate of drug-likeness (QED) is 0.916. The maximum Gasteiger partial charge on any atom is 0.308 e. The average Bonchev–Trinajstić information content (AvgIpc) is 2.43. The lowest BCUT2D eigenvalue weighted by atomic mass is 9.97. The highest BCUT2D eigenvalue weighted by molar-refractivity contribution is 9.10. The number of likely N-dealkylation sites (tertiary alicyclic amines) is 1. The first kappa shape index (κ1) is 15.0. The van der Waals surface area contributed by atoms with Crippen LogP contribution in [0.25, 0.3) is 0 Å². The summed E-state index contributed by atoms with van der Waals surface area (Å²) in [6.45, 7) is 0.849. The molecule has 1 heterocycles. The maximum atomic E-state index is 13.1. The first-order valence-corrected chi connectivity index (χ1v) is 7.21. The van der Waals surface area contributed by atoms with E-state index in [4.69, 9.17) is 5.11 Å². The molecule has 6 heteroatoms. The standard InChI is InChI=1S/C14H15BrFNO3/c15-11-6-9(3-4-12(11)16)7-13(18)17-5-1-2-10(8-17)14(19)20/h3-4,6,10H,1-2,5,7-8H2,(H,19,20)/t10-/m1/s1. The summed E-state index contributed by atoms with van der Waals surface area (Å²) in [5, 5.41) is 9.01. The third-order valence-corrected chi connectivity index (χ3v) is 4.07. The second kappa shape index (κ2) is 6.35. The predicted molar refractivity (Wildman–Crippen MR) is 74.7 cm³/mol. The third kappa shape index (κ3) is 3.56. The van der Waals surface area contributed by atoms with Crippen molar-refractivity contribution in [1.82, 2.24) is 4.90 Å². The third-order valence-electron chi connectivity index (χ3n) is 3.46. The molecule has 1 aliphatic rings. The molecule has 0 spiro atoms. The van der Waals surface area contributed by atoms with E-state index in [1.807, 2.05) is 0 Å². The second-order valence-electron chi connectivity index (χ2n) is 4.94. The fraction of sp³-hybridized carbons (Fsp3) is 0.429. The highest BCUT2D eigenvalue weighted by Crippen LogP contribution is 2.20. The lowest BCUT2D eigenvalue weighted by Gasteiger charge is -2.30. The molecule has 1 aliphatic heterocycles. The minimum absolute atomic E-state index is 0.116. The number of amides is 1. The van der Waals surface area contributed by atoms with E-state index in [0.29, 0.717) is 29.4 Å². The van der Waals surface area contributed by atoms with E-state index >= 15 is 0 Å². The van der Waals surface area contributed by atoms with Crippen LogP contribution in [0.3, 0.4) is 0 Å². The molecule has 0 unspecified atom stereocenters. The van der Waals surface area contributed by atoms with E-state index in [2.05, 4.69) is 15.9 Å². The van der Waals surface area contributed by atoms with Gasteiger partial charge in [0.2, 0.25) is 5.91 Å². The van der Waals surface area contributed by atoms with E-state index in [1.54, 1.807) is 17.0 Å². The lowest BCUT2D eigenvalue weighted by Crippen LogP contribution is -2.43. The molecule has 1 fully saturated rings. The molecule has 1 aromatic rings. The van der Waals surface area contributed by atoms with E-state index in [1.165, 1.54) is 6.07 Å². The van der Waals surface area contributed by atoms with Crippen molar-refractivity contribution in [3.8, 4) is 0 Å². The first-order chi connectivity index (χ1) is 9.47. The molecule has 0 bridgehead atoms. The number of hydrogen-bond donors (Lipinski definition) is 1. The maximum absolute atomic E-state index is 13.1. The zero-order chi connectivity index (χ0) is 14.7. The molecular weight excluding hydrogens is 329 g/mol. The number of carboxylic acids is 1. The van der Waals surface area contributed by atoms with Gasteiger partial charge in [-0.25, -0.2) is 4.39 Å². The molecule has 0 aliphatic carbocycles. The molecule has 2 rings (SSSR count). The van der Waals surface area contributed by atoms with Gasteiger partial charge >= 0.3 is 5.97 Å². The first-order valence-electron chi connectivity index (χ1n) is 6.42. The number of rotatable bonds is 3. The largest absolute Gasteiger partial charge is 0.481 e. The smallest absolute Gasteiger partial charge is 0.308 e. The van der Waals surface area contributed by atoms with Crippen molar-refractivity contribution in [2.45, 2.75) is 19.3 Å². The van der Waals surface area contributed by atoms with Crippen molar-refractivity contribution < 1.29 is 19.1 Å². The minimum Gasteiger partial charge on any atom is -0.481 e. The molecule has 1 saturated heterocycles. The number of carbonyl (C=O) groups is 2. The summed E-state index contributed by atoms with van der Waals surface area (Å²) in [5.41, 5.74) is 0.709. The Morgan fingerprint density at radius 3 is 2.85 bits per heavy atom. The van der Waals surface area contributed by atoms with Gasteiger partial charge in [-0.1, -0.05) is 6.07 Å². The van der Waals surface area contributed by atoms with Crippen LogP contribution in [0.1, 0.15) is 18.4 Å². The van der Waals surface area contributed by atoms with Crippen molar-refractivity contribution in [1.29, 1.82) is 0 Å². The summed E-state index contributed by atoms with van der Waals surface area (Å²) >= 11 is 3.08. The number of halogens is 2. The van der Waals surface area contributed by atoms with Crippen molar-refractivity contribution >= 4 is 27.8 Å². The fourth-order valence-electron chi connectivity index (χ4n) is 2.34. The topological polar surface area (TPSA) is 57.6 Å². The number of nitrogens with zero attached hydrogens (tertiary/aromatic N) is 1. The summed E-state index contributed by atoms with van der Waals surface area (Å²) in [7, 11) is 0. The number of carbonyl (C=O) groups excluding carboxylic acids is 1. The van der Waals surface area contributed by atoms with Crippen LogP contribution in [-0.2, 0) is 16.0 Å². The Morgan fingerprint density at radius 2 is 2.20 bits per heavy atom. The van der Waals surface area contributed by atoms with Gasteiger partial charge in [0.05, 0.1) is 16.8 Å². The van der Waals surface area contributed by atoms with E-state index < -0.39 is 11.9 Å². The van der Waals surface area contributed by atoms with Crippen LogP contribution in [0, 0.1) is 11.7 Å². The summed E-state index contributed by atoms with van der Waals surface area (Å²) in [4.78, 5) is 24.7. The molecule has 108 valence electrons. The number of carboxylic acid groups (broad SMARTS) is 1. The van der Waals surface area contributed by atoms with Gasteiger partial charge in [0.25, 0.3) is 0 Å².